The van der Waals surface area contributed by atoms with Crippen molar-refractivity contribution in [3.05, 3.63) is 52.5 Å². The molecule has 0 aliphatic heterocycles. The summed E-state index contributed by atoms with van der Waals surface area (Å²) in [7, 11) is 0. The summed E-state index contributed by atoms with van der Waals surface area (Å²) in [6, 6.07) is 13.5. The number of nitrogens with zero attached hydrogens (tertiary/aromatic N) is 4. The average molecular weight is 330 g/mol. The molecule has 0 saturated heterocycles. The Labute approximate surface area is 124 Å². The largest absolute Gasteiger partial charge is 0.399 e. The van der Waals surface area contributed by atoms with Gasteiger partial charge in [-0.05, 0) is 57.0 Å². The molecule has 0 saturated carbocycles. The van der Waals surface area contributed by atoms with E-state index in [9.17, 15) is 0 Å². The molecule has 0 bridgehead atoms. The minimum atomic E-state index is 0.656. The van der Waals surface area contributed by atoms with Gasteiger partial charge in [-0.1, -0.05) is 24.3 Å². The Morgan fingerprint density at radius 2 is 1.95 bits per heavy atom. The van der Waals surface area contributed by atoms with Crippen LogP contribution in [0.15, 0.2) is 46.9 Å². The minimum absolute atomic E-state index is 0.656. The van der Waals surface area contributed by atoms with Gasteiger partial charge >= 0.3 is 0 Å². The number of tetrazole rings is 1. The van der Waals surface area contributed by atoms with Crippen LogP contribution in [0.2, 0.25) is 0 Å². The van der Waals surface area contributed by atoms with E-state index in [0.717, 1.165) is 21.3 Å². The molecule has 0 fully saturated rings. The van der Waals surface area contributed by atoms with Crippen LogP contribution in [0.3, 0.4) is 0 Å². The van der Waals surface area contributed by atoms with Crippen molar-refractivity contribution in [2.45, 2.75) is 6.92 Å². The number of rotatable bonds is 2. The third-order valence-electron chi connectivity index (χ3n) is 3.01. The monoisotopic (exact) mass is 329 g/mol. The minimum Gasteiger partial charge on any atom is -0.399 e. The Hall–Kier alpha value is -2.21. The number of nitrogen functional groups attached to an aromatic ring is 1. The Morgan fingerprint density at radius 3 is 2.75 bits per heavy atom. The van der Waals surface area contributed by atoms with Crippen LogP contribution in [0.25, 0.3) is 17.1 Å². The number of aryl methyl sites for hydroxylation is 1. The molecular weight excluding hydrogens is 318 g/mol. The van der Waals surface area contributed by atoms with Crippen LogP contribution in [-0.2, 0) is 0 Å². The molecule has 5 nitrogen and oxygen atoms in total. The second kappa shape index (κ2) is 5.05. The first-order chi connectivity index (χ1) is 9.66. The lowest BCUT2D eigenvalue weighted by atomic mass is 10.2. The van der Waals surface area contributed by atoms with Gasteiger partial charge in [0.1, 0.15) is 0 Å². The van der Waals surface area contributed by atoms with Gasteiger partial charge in [0.2, 0.25) is 0 Å². The van der Waals surface area contributed by atoms with Gasteiger partial charge in [-0.2, -0.15) is 4.68 Å². The van der Waals surface area contributed by atoms with Crippen molar-refractivity contribution in [2.75, 3.05) is 5.73 Å². The van der Waals surface area contributed by atoms with Crippen LogP contribution in [-0.4, -0.2) is 20.2 Å². The molecule has 0 spiro atoms. The van der Waals surface area contributed by atoms with Gasteiger partial charge in [0, 0.05) is 15.7 Å². The van der Waals surface area contributed by atoms with Crippen molar-refractivity contribution in [2.24, 2.45) is 0 Å². The summed E-state index contributed by atoms with van der Waals surface area (Å²) in [6.07, 6.45) is 0. The van der Waals surface area contributed by atoms with Crippen LogP contribution < -0.4 is 5.73 Å². The first-order valence-electron chi connectivity index (χ1n) is 6.06. The SMILES string of the molecule is Cc1cccc(-n2nnnc2-c2cccc(N)c2)c1Br. The van der Waals surface area contributed by atoms with E-state index in [1.807, 2.05) is 49.4 Å². The molecule has 0 amide bonds. The molecule has 2 N–H and O–H groups in total. The lowest BCUT2D eigenvalue weighted by Gasteiger charge is -2.09. The van der Waals surface area contributed by atoms with Crippen LogP contribution in [0.4, 0.5) is 5.69 Å². The van der Waals surface area contributed by atoms with Gasteiger partial charge in [-0.15, -0.1) is 5.10 Å². The zero-order chi connectivity index (χ0) is 14.1. The van der Waals surface area contributed by atoms with Gasteiger partial charge in [-0.3, -0.25) is 0 Å². The van der Waals surface area contributed by atoms with Crippen LogP contribution in [0.5, 0.6) is 0 Å². The van der Waals surface area contributed by atoms with Crippen LogP contribution in [0.1, 0.15) is 5.56 Å². The topological polar surface area (TPSA) is 69.6 Å². The van der Waals surface area contributed by atoms with E-state index in [2.05, 4.69) is 31.5 Å². The number of nitrogens with two attached hydrogens (primary N) is 1. The van der Waals surface area contributed by atoms with Crippen molar-refractivity contribution in [3.8, 4) is 17.1 Å². The van der Waals surface area contributed by atoms with Gasteiger partial charge in [0.05, 0.1) is 5.69 Å². The average Bonchev–Trinajstić information content (AvgIpc) is 2.91. The molecule has 20 heavy (non-hydrogen) atoms. The van der Waals surface area contributed by atoms with Gasteiger partial charge < -0.3 is 5.73 Å². The molecule has 0 radical (unpaired) electrons. The molecule has 0 atom stereocenters. The summed E-state index contributed by atoms with van der Waals surface area (Å²) in [5.74, 6) is 0.656. The summed E-state index contributed by atoms with van der Waals surface area (Å²) in [5.41, 5.74) is 9.40. The zero-order valence-electron chi connectivity index (χ0n) is 10.8. The molecule has 6 heteroatoms. The third-order valence-corrected chi connectivity index (χ3v) is 4.05. The number of benzene rings is 2. The zero-order valence-corrected chi connectivity index (χ0v) is 12.4. The van der Waals surface area contributed by atoms with Crippen molar-refractivity contribution in [1.29, 1.82) is 0 Å². The maximum absolute atomic E-state index is 5.82. The number of hydrogen-bond acceptors (Lipinski definition) is 4. The third kappa shape index (κ3) is 2.18. The Kier molecular flexibility index (Phi) is 3.23. The number of hydrogen-bond donors (Lipinski definition) is 1. The summed E-state index contributed by atoms with van der Waals surface area (Å²) in [4.78, 5) is 0. The van der Waals surface area contributed by atoms with Gasteiger partial charge in [-0.25, -0.2) is 0 Å². The highest BCUT2D eigenvalue weighted by atomic mass is 79.9. The maximum Gasteiger partial charge on any atom is 0.187 e. The van der Waals surface area contributed by atoms with E-state index in [1.54, 1.807) is 4.68 Å². The fourth-order valence-corrected chi connectivity index (χ4v) is 2.43. The van der Waals surface area contributed by atoms with Crippen molar-refractivity contribution >= 4 is 21.6 Å². The fourth-order valence-electron chi connectivity index (χ4n) is 2.00. The van der Waals surface area contributed by atoms with E-state index >= 15 is 0 Å². The lowest BCUT2D eigenvalue weighted by molar-refractivity contribution is 0.788. The molecule has 0 aliphatic carbocycles. The normalized spacial score (nSPS) is 10.7. The first kappa shape index (κ1) is 12.8. The van der Waals surface area contributed by atoms with E-state index in [1.165, 1.54) is 0 Å². The molecule has 1 heterocycles. The molecule has 2 aromatic carbocycles. The summed E-state index contributed by atoms with van der Waals surface area (Å²) >= 11 is 3.58. The Bertz CT molecular complexity index is 766. The molecule has 100 valence electrons. The lowest BCUT2D eigenvalue weighted by Crippen LogP contribution is -2.02. The Morgan fingerprint density at radius 1 is 1.15 bits per heavy atom. The number of aromatic nitrogens is 4. The predicted octanol–water partition coefficient (Wildman–Crippen LogP) is 2.98. The summed E-state index contributed by atoms with van der Waals surface area (Å²) in [5, 5.41) is 12.0. The molecule has 0 unspecified atom stereocenters. The first-order valence-corrected chi connectivity index (χ1v) is 6.86. The van der Waals surface area contributed by atoms with Crippen LogP contribution >= 0.6 is 15.9 Å². The molecular formula is C14H12BrN5. The smallest absolute Gasteiger partial charge is 0.187 e. The van der Waals surface area contributed by atoms with E-state index in [4.69, 9.17) is 5.73 Å². The van der Waals surface area contributed by atoms with E-state index < -0.39 is 0 Å². The molecule has 3 aromatic rings. The van der Waals surface area contributed by atoms with Gasteiger partial charge in [0.15, 0.2) is 5.82 Å². The molecule has 0 aliphatic rings. The maximum atomic E-state index is 5.82. The van der Waals surface area contributed by atoms with Crippen molar-refractivity contribution < 1.29 is 0 Å². The summed E-state index contributed by atoms with van der Waals surface area (Å²) < 4.78 is 2.67. The van der Waals surface area contributed by atoms with E-state index in [0.29, 0.717) is 11.5 Å². The second-order valence-electron chi connectivity index (χ2n) is 4.45. The van der Waals surface area contributed by atoms with E-state index in [-0.39, 0.29) is 0 Å². The van der Waals surface area contributed by atoms with Crippen molar-refractivity contribution in [1.82, 2.24) is 20.2 Å². The number of anilines is 1. The summed E-state index contributed by atoms with van der Waals surface area (Å²) in [6.45, 7) is 2.03. The highest BCUT2D eigenvalue weighted by Gasteiger charge is 2.13. The quantitative estimate of drug-likeness (QED) is 0.734. The highest BCUT2D eigenvalue weighted by Crippen LogP contribution is 2.27. The predicted molar refractivity (Wildman–Crippen MR) is 81.4 cm³/mol. The fraction of sp³-hybridized carbons (Fsp3) is 0.0714. The van der Waals surface area contributed by atoms with Gasteiger partial charge in [0.25, 0.3) is 0 Å². The highest BCUT2D eigenvalue weighted by molar-refractivity contribution is 9.10. The number of halogens is 1. The molecule has 3 rings (SSSR count). The molecule has 1 aromatic heterocycles. The standard InChI is InChI=1S/C14H12BrN5/c1-9-4-2-7-12(13(9)15)20-14(17-18-19-20)10-5-3-6-11(16)8-10/h2-8H,16H2,1H3. The van der Waals surface area contributed by atoms with Crippen molar-refractivity contribution in [3.63, 3.8) is 0 Å². The Balaban J connectivity index is 2.18. The second-order valence-corrected chi connectivity index (χ2v) is 5.24. The van der Waals surface area contributed by atoms with Crippen LogP contribution in [0, 0.1) is 6.92 Å².